The Morgan fingerprint density at radius 3 is 3.42 bits per heavy atom. The lowest BCUT2D eigenvalue weighted by Gasteiger charge is -2.04. The van der Waals surface area contributed by atoms with Crippen LogP contribution in [0.15, 0.2) is 18.3 Å². The summed E-state index contributed by atoms with van der Waals surface area (Å²) in [5, 5.41) is 8.18. The number of carbonyl (C=O) groups excluding carboxylic acids is 1. The van der Waals surface area contributed by atoms with E-state index in [0.29, 0.717) is 0 Å². The maximum Gasteiger partial charge on any atom is 0.262 e. The van der Waals surface area contributed by atoms with Crippen LogP contribution in [0.2, 0.25) is 0 Å². The van der Waals surface area contributed by atoms with Gasteiger partial charge in [0.2, 0.25) is 0 Å². The number of nitrogens with one attached hydrogen (secondary N) is 1. The highest BCUT2D eigenvalue weighted by Crippen LogP contribution is 2.37. The van der Waals surface area contributed by atoms with Gasteiger partial charge in [0.05, 0.1) is 5.88 Å². The van der Waals surface area contributed by atoms with Gasteiger partial charge in [-0.15, -0.1) is 11.8 Å². The van der Waals surface area contributed by atoms with Crippen LogP contribution in [0.3, 0.4) is 0 Å². The molecule has 0 saturated carbocycles. The first kappa shape index (κ1) is 7.70. The van der Waals surface area contributed by atoms with Crippen molar-refractivity contribution in [2.45, 2.75) is 11.1 Å². The monoisotopic (exact) mass is 184 g/mol. The van der Waals surface area contributed by atoms with E-state index < -0.39 is 0 Å². The maximum atomic E-state index is 11.1. The van der Waals surface area contributed by atoms with Crippen LogP contribution >= 0.6 is 11.8 Å². The van der Waals surface area contributed by atoms with E-state index in [1.54, 1.807) is 5.48 Å². The third-order valence-corrected chi connectivity index (χ3v) is 3.08. The first-order chi connectivity index (χ1) is 5.83. The second-order valence-electron chi connectivity index (χ2n) is 2.55. The summed E-state index contributed by atoms with van der Waals surface area (Å²) in [6.07, 6.45) is 1.92. The third-order valence-electron chi connectivity index (χ3n) is 1.86. The predicted octanol–water partition coefficient (Wildman–Crippen LogP) is 0.739. The minimum Gasteiger partial charge on any atom is -0.340 e. The van der Waals surface area contributed by atoms with Gasteiger partial charge in [-0.05, 0) is 12.1 Å². The molecule has 2 heterocycles. The number of hydrogen-bond donors (Lipinski definition) is 2. The van der Waals surface area contributed by atoms with Crippen LogP contribution in [0.25, 0.3) is 0 Å². The van der Waals surface area contributed by atoms with Gasteiger partial charge < -0.3 is 4.57 Å². The molecule has 1 aliphatic rings. The van der Waals surface area contributed by atoms with Crippen molar-refractivity contribution in [3.05, 3.63) is 24.0 Å². The summed E-state index contributed by atoms with van der Waals surface area (Å²) < 4.78 is 1.99. The first-order valence-corrected chi connectivity index (χ1v) is 4.58. The van der Waals surface area contributed by atoms with E-state index in [1.807, 2.05) is 22.9 Å². The van der Waals surface area contributed by atoms with Crippen molar-refractivity contribution < 1.29 is 10.0 Å². The maximum absolute atomic E-state index is 11.1. The second-order valence-corrected chi connectivity index (χ2v) is 3.62. The van der Waals surface area contributed by atoms with Crippen LogP contribution in [0.4, 0.5) is 0 Å². The Morgan fingerprint density at radius 1 is 1.83 bits per heavy atom. The topological polar surface area (TPSA) is 54.3 Å². The van der Waals surface area contributed by atoms with E-state index >= 15 is 0 Å². The molecular formula is C7H8N2O2S. The Labute approximate surface area is 73.5 Å². The molecule has 1 amide bonds. The molecule has 2 N–H and O–H groups in total. The van der Waals surface area contributed by atoms with Gasteiger partial charge in [0.15, 0.2) is 0 Å². The fourth-order valence-corrected chi connectivity index (χ4v) is 2.43. The molecule has 0 aliphatic carbocycles. The van der Waals surface area contributed by atoms with E-state index in [2.05, 4.69) is 0 Å². The van der Waals surface area contributed by atoms with Crippen LogP contribution < -0.4 is 5.48 Å². The Morgan fingerprint density at radius 2 is 2.67 bits per heavy atom. The highest BCUT2D eigenvalue weighted by Gasteiger charge is 2.28. The molecule has 0 saturated heterocycles. The average molecular weight is 184 g/mol. The highest BCUT2D eigenvalue weighted by atomic mass is 32.2. The van der Waals surface area contributed by atoms with E-state index in [-0.39, 0.29) is 11.2 Å². The number of nitrogens with zero attached hydrogens (tertiary/aromatic N) is 1. The van der Waals surface area contributed by atoms with Crippen LogP contribution in [-0.2, 0) is 10.7 Å². The van der Waals surface area contributed by atoms with E-state index in [9.17, 15) is 4.79 Å². The number of hydrogen-bond acceptors (Lipinski definition) is 3. The lowest BCUT2D eigenvalue weighted by Crippen LogP contribution is -2.23. The molecule has 2 rings (SSSR count). The van der Waals surface area contributed by atoms with Crippen molar-refractivity contribution in [1.29, 1.82) is 0 Å². The normalized spacial score (nSPS) is 20.6. The molecule has 1 unspecified atom stereocenters. The van der Waals surface area contributed by atoms with E-state index in [0.717, 1.165) is 11.6 Å². The SMILES string of the molecule is O=C(NO)C1SCn2cccc21. The van der Waals surface area contributed by atoms with E-state index in [1.165, 1.54) is 11.8 Å². The predicted molar refractivity (Wildman–Crippen MR) is 44.7 cm³/mol. The van der Waals surface area contributed by atoms with Gasteiger partial charge in [-0.1, -0.05) is 0 Å². The largest absolute Gasteiger partial charge is 0.340 e. The number of carbonyl (C=O) groups is 1. The van der Waals surface area contributed by atoms with Crippen LogP contribution in [0, 0.1) is 0 Å². The van der Waals surface area contributed by atoms with Gasteiger partial charge in [0, 0.05) is 11.9 Å². The summed E-state index contributed by atoms with van der Waals surface area (Å²) >= 11 is 1.50. The minimum absolute atomic E-state index is 0.259. The Hall–Kier alpha value is -0.940. The smallest absolute Gasteiger partial charge is 0.262 e. The standard InChI is InChI=1S/C7H8N2O2S/c10-7(8-11)6-5-2-1-3-9(5)4-12-6/h1-3,6,11H,4H2,(H,8,10). The zero-order chi connectivity index (χ0) is 8.55. The van der Waals surface area contributed by atoms with Gasteiger partial charge in [-0.2, -0.15) is 0 Å². The summed E-state index contributed by atoms with van der Waals surface area (Å²) in [7, 11) is 0. The summed E-state index contributed by atoms with van der Waals surface area (Å²) in [6, 6.07) is 3.78. The number of thioether (sulfide) groups is 1. The summed E-state index contributed by atoms with van der Waals surface area (Å²) in [5.41, 5.74) is 2.62. The lowest BCUT2D eigenvalue weighted by molar-refractivity contribution is -0.128. The molecule has 0 radical (unpaired) electrons. The van der Waals surface area contributed by atoms with Crippen molar-refractivity contribution in [3.63, 3.8) is 0 Å². The summed E-state index contributed by atoms with van der Waals surface area (Å²) in [6.45, 7) is 0. The fourth-order valence-electron chi connectivity index (χ4n) is 1.29. The number of hydroxylamine groups is 1. The van der Waals surface area contributed by atoms with Crippen molar-refractivity contribution in [3.8, 4) is 0 Å². The van der Waals surface area contributed by atoms with Crippen LogP contribution in [0.1, 0.15) is 10.9 Å². The molecule has 1 atom stereocenters. The number of rotatable bonds is 1. The van der Waals surface area contributed by atoms with Gasteiger partial charge in [0.1, 0.15) is 5.25 Å². The fraction of sp³-hybridized carbons (Fsp3) is 0.286. The number of aromatic nitrogens is 1. The molecule has 1 aromatic rings. The van der Waals surface area contributed by atoms with Gasteiger partial charge in [0.25, 0.3) is 5.91 Å². The number of fused-ring (bicyclic) bond motifs is 1. The molecule has 5 heteroatoms. The van der Waals surface area contributed by atoms with Gasteiger partial charge in [-0.3, -0.25) is 10.0 Å². The molecule has 4 nitrogen and oxygen atoms in total. The molecule has 1 aliphatic heterocycles. The molecule has 0 spiro atoms. The van der Waals surface area contributed by atoms with Crippen molar-refractivity contribution in [1.82, 2.24) is 10.0 Å². The third kappa shape index (κ3) is 1.02. The van der Waals surface area contributed by atoms with Crippen molar-refractivity contribution >= 4 is 17.7 Å². The minimum atomic E-state index is -0.350. The Kier molecular flexibility index (Phi) is 1.82. The van der Waals surface area contributed by atoms with Crippen LogP contribution in [-0.4, -0.2) is 15.7 Å². The summed E-state index contributed by atoms with van der Waals surface area (Å²) in [4.78, 5) is 11.1. The lowest BCUT2D eigenvalue weighted by atomic mass is 10.3. The molecular weight excluding hydrogens is 176 g/mol. The molecule has 0 aromatic carbocycles. The van der Waals surface area contributed by atoms with Crippen molar-refractivity contribution in [2.24, 2.45) is 0 Å². The zero-order valence-corrected chi connectivity index (χ0v) is 7.04. The molecule has 1 aromatic heterocycles. The number of amides is 1. The van der Waals surface area contributed by atoms with E-state index in [4.69, 9.17) is 5.21 Å². The Balaban J connectivity index is 2.28. The molecule has 12 heavy (non-hydrogen) atoms. The Bertz CT molecular complexity index is 310. The highest BCUT2D eigenvalue weighted by molar-refractivity contribution is 7.99. The molecule has 0 fully saturated rings. The van der Waals surface area contributed by atoms with Crippen LogP contribution in [0.5, 0.6) is 0 Å². The molecule has 0 bridgehead atoms. The van der Waals surface area contributed by atoms with Gasteiger partial charge in [-0.25, -0.2) is 5.48 Å². The van der Waals surface area contributed by atoms with Crippen molar-refractivity contribution in [2.75, 3.05) is 0 Å². The second kappa shape index (κ2) is 2.84. The summed E-state index contributed by atoms with van der Waals surface area (Å²) in [5.74, 6) is 0.429. The zero-order valence-electron chi connectivity index (χ0n) is 6.23. The molecule has 64 valence electrons. The first-order valence-electron chi connectivity index (χ1n) is 3.53. The van der Waals surface area contributed by atoms with Gasteiger partial charge >= 0.3 is 0 Å². The average Bonchev–Trinajstić information content (AvgIpc) is 2.62. The quantitative estimate of drug-likeness (QED) is 0.500.